The summed E-state index contributed by atoms with van der Waals surface area (Å²) in [6.07, 6.45) is 4.30. The first kappa shape index (κ1) is 19.3. The van der Waals surface area contributed by atoms with Gasteiger partial charge in [0.05, 0.1) is 0 Å². The SMILES string of the molecule is CSC[C@H](NC(=O)COc1ccc2c3c(c(=O)oc2c1C)CCC3)C(=O)O. The highest BCUT2D eigenvalue weighted by molar-refractivity contribution is 7.98. The van der Waals surface area contributed by atoms with Crippen LogP contribution in [0.4, 0.5) is 0 Å². The van der Waals surface area contributed by atoms with E-state index in [1.807, 2.05) is 6.07 Å². The molecule has 0 fully saturated rings. The summed E-state index contributed by atoms with van der Waals surface area (Å²) >= 11 is 1.33. The lowest BCUT2D eigenvalue weighted by molar-refractivity contribution is -0.141. The summed E-state index contributed by atoms with van der Waals surface area (Å²) in [5, 5.41) is 12.4. The van der Waals surface area contributed by atoms with Crippen molar-refractivity contribution >= 4 is 34.6 Å². The highest BCUT2D eigenvalue weighted by Crippen LogP contribution is 2.32. The topological polar surface area (TPSA) is 106 Å². The lowest BCUT2D eigenvalue weighted by atomic mass is 10.0. The first-order chi connectivity index (χ1) is 12.9. The number of hydrogen-bond donors (Lipinski definition) is 2. The van der Waals surface area contributed by atoms with Gasteiger partial charge in [-0.05, 0) is 50.1 Å². The molecule has 1 atom stereocenters. The third-order valence-electron chi connectivity index (χ3n) is 4.67. The predicted octanol–water partition coefficient (Wildman–Crippen LogP) is 1.90. The number of amides is 1. The Bertz CT molecular complexity index is 951. The second-order valence-electron chi connectivity index (χ2n) is 6.47. The van der Waals surface area contributed by atoms with Gasteiger partial charge in [0.25, 0.3) is 5.91 Å². The number of carboxylic acids is 1. The van der Waals surface area contributed by atoms with Crippen molar-refractivity contribution in [2.45, 2.75) is 32.2 Å². The lowest BCUT2D eigenvalue weighted by Crippen LogP contribution is -2.44. The number of aliphatic carboxylic acids is 1. The second kappa shape index (κ2) is 8.04. The molecule has 0 saturated carbocycles. The molecule has 0 spiro atoms. The van der Waals surface area contributed by atoms with Crippen molar-refractivity contribution in [1.29, 1.82) is 0 Å². The van der Waals surface area contributed by atoms with Crippen LogP contribution in [-0.2, 0) is 22.4 Å². The molecule has 27 heavy (non-hydrogen) atoms. The van der Waals surface area contributed by atoms with E-state index in [1.165, 1.54) is 11.8 Å². The second-order valence-corrected chi connectivity index (χ2v) is 7.38. The lowest BCUT2D eigenvalue weighted by Gasteiger charge is -2.15. The highest BCUT2D eigenvalue weighted by atomic mass is 32.2. The van der Waals surface area contributed by atoms with Crippen molar-refractivity contribution in [1.82, 2.24) is 5.32 Å². The van der Waals surface area contributed by atoms with Gasteiger partial charge in [0.15, 0.2) is 6.61 Å². The Morgan fingerprint density at radius 2 is 2.07 bits per heavy atom. The Kier molecular flexibility index (Phi) is 5.74. The molecule has 0 bridgehead atoms. The molecule has 0 saturated heterocycles. The Morgan fingerprint density at radius 3 is 2.78 bits per heavy atom. The predicted molar refractivity (Wildman–Crippen MR) is 103 cm³/mol. The maximum absolute atomic E-state index is 12.2. The van der Waals surface area contributed by atoms with Crippen LogP contribution in [0.5, 0.6) is 5.75 Å². The molecule has 0 aliphatic heterocycles. The summed E-state index contributed by atoms with van der Waals surface area (Å²) in [4.78, 5) is 35.3. The zero-order valence-corrected chi connectivity index (χ0v) is 16.0. The van der Waals surface area contributed by atoms with Gasteiger partial charge in [0.2, 0.25) is 0 Å². The molecule has 0 unspecified atom stereocenters. The van der Waals surface area contributed by atoms with Crippen molar-refractivity contribution in [2.24, 2.45) is 0 Å². The van der Waals surface area contributed by atoms with Gasteiger partial charge in [-0.3, -0.25) is 4.79 Å². The zero-order chi connectivity index (χ0) is 19.6. The fourth-order valence-corrected chi connectivity index (χ4v) is 3.90. The monoisotopic (exact) mass is 391 g/mol. The van der Waals surface area contributed by atoms with Crippen LogP contribution >= 0.6 is 11.8 Å². The minimum absolute atomic E-state index is 0.270. The van der Waals surface area contributed by atoms with Crippen molar-refractivity contribution < 1.29 is 23.8 Å². The Labute approximate surface area is 160 Å². The molecule has 1 aromatic heterocycles. The van der Waals surface area contributed by atoms with Gasteiger partial charge in [0.1, 0.15) is 17.4 Å². The molecule has 8 heteroatoms. The standard InChI is InChI=1S/C19H21NO6S/c1-10-15(25-8-16(21)20-14(9-27-2)18(22)23)7-6-12-11-4-3-5-13(11)19(24)26-17(10)12/h6-7,14H,3-5,8-9H2,1-2H3,(H,20,21)(H,22,23)/t14-/m0/s1. The van der Waals surface area contributed by atoms with E-state index < -0.39 is 17.9 Å². The van der Waals surface area contributed by atoms with E-state index in [9.17, 15) is 14.4 Å². The minimum Gasteiger partial charge on any atom is -0.483 e. The molecule has 1 aliphatic rings. The smallest absolute Gasteiger partial charge is 0.339 e. The molecular formula is C19H21NO6S. The summed E-state index contributed by atoms with van der Waals surface area (Å²) in [5.41, 5.74) is 2.60. The summed E-state index contributed by atoms with van der Waals surface area (Å²) < 4.78 is 11.0. The highest BCUT2D eigenvalue weighted by Gasteiger charge is 2.22. The first-order valence-electron chi connectivity index (χ1n) is 8.64. The maximum Gasteiger partial charge on any atom is 0.339 e. The summed E-state index contributed by atoms with van der Waals surface area (Å²) in [5.74, 6) is -0.913. The number of benzene rings is 1. The molecule has 1 aliphatic carbocycles. The fraction of sp³-hybridized carbons (Fsp3) is 0.421. The van der Waals surface area contributed by atoms with Crippen LogP contribution in [0.3, 0.4) is 0 Å². The van der Waals surface area contributed by atoms with Crippen LogP contribution in [-0.4, -0.2) is 41.6 Å². The fourth-order valence-electron chi connectivity index (χ4n) is 3.34. The largest absolute Gasteiger partial charge is 0.483 e. The number of aryl methyl sites for hydroxylation is 2. The van der Waals surface area contributed by atoms with Gasteiger partial charge in [-0.15, -0.1) is 0 Å². The van der Waals surface area contributed by atoms with Gasteiger partial charge in [-0.1, -0.05) is 0 Å². The molecule has 2 N–H and O–H groups in total. The number of carbonyl (C=O) groups excluding carboxylic acids is 1. The average molecular weight is 391 g/mol. The normalized spacial score (nSPS) is 14.0. The first-order valence-corrected chi connectivity index (χ1v) is 10.0. The molecular weight excluding hydrogens is 370 g/mol. The average Bonchev–Trinajstić information content (AvgIpc) is 3.12. The zero-order valence-electron chi connectivity index (χ0n) is 15.2. The molecule has 3 rings (SSSR count). The molecule has 144 valence electrons. The molecule has 1 heterocycles. The van der Waals surface area contributed by atoms with Crippen LogP contribution in [0.25, 0.3) is 11.0 Å². The molecule has 2 aromatic rings. The van der Waals surface area contributed by atoms with E-state index in [2.05, 4.69) is 5.32 Å². The van der Waals surface area contributed by atoms with Crippen LogP contribution in [0.1, 0.15) is 23.1 Å². The number of carboxylic acid groups (broad SMARTS) is 1. The quantitative estimate of drug-likeness (QED) is 0.695. The van der Waals surface area contributed by atoms with E-state index in [0.717, 1.165) is 35.8 Å². The third kappa shape index (κ3) is 3.95. The van der Waals surface area contributed by atoms with Crippen molar-refractivity contribution in [2.75, 3.05) is 18.6 Å². The number of thioether (sulfide) groups is 1. The number of nitrogens with one attached hydrogen (secondary N) is 1. The van der Waals surface area contributed by atoms with E-state index in [1.54, 1.807) is 19.2 Å². The van der Waals surface area contributed by atoms with Crippen molar-refractivity contribution in [3.8, 4) is 5.75 Å². The summed E-state index contributed by atoms with van der Waals surface area (Å²) in [7, 11) is 0. The Hall–Kier alpha value is -2.48. The molecule has 1 aromatic carbocycles. The minimum atomic E-state index is -1.09. The van der Waals surface area contributed by atoms with Crippen LogP contribution < -0.4 is 15.7 Å². The Morgan fingerprint density at radius 1 is 1.33 bits per heavy atom. The van der Waals surface area contributed by atoms with Gasteiger partial charge in [0, 0.05) is 22.3 Å². The van der Waals surface area contributed by atoms with E-state index in [4.69, 9.17) is 14.3 Å². The third-order valence-corrected chi connectivity index (χ3v) is 5.33. The van der Waals surface area contributed by atoms with Crippen molar-refractivity contribution in [3.63, 3.8) is 0 Å². The number of fused-ring (bicyclic) bond motifs is 3. The van der Waals surface area contributed by atoms with Crippen LogP contribution in [0.2, 0.25) is 0 Å². The van der Waals surface area contributed by atoms with Gasteiger partial charge in [-0.2, -0.15) is 11.8 Å². The summed E-state index contributed by atoms with van der Waals surface area (Å²) in [6.45, 7) is 1.45. The maximum atomic E-state index is 12.2. The van der Waals surface area contributed by atoms with E-state index in [0.29, 0.717) is 16.9 Å². The van der Waals surface area contributed by atoms with E-state index >= 15 is 0 Å². The van der Waals surface area contributed by atoms with Gasteiger partial charge >= 0.3 is 11.6 Å². The van der Waals surface area contributed by atoms with Crippen LogP contribution in [0.15, 0.2) is 21.3 Å². The molecule has 1 amide bonds. The summed E-state index contributed by atoms with van der Waals surface area (Å²) in [6, 6.07) is 2.63. The van der Waals surface area contributed by atoms with Gasteiger partial charge < -0.3 is 19.6 Å². The molecule has 0 radical (unpaired) electrons. The number of hydrogen-bond acceptors (Lipinski definition) is 6. The number of carbonyl (C=O) groups is 2. The molecule has 7 nitrogen and oxygen atoms in total. The van der Waals surface area contributed by atoms with E-state index in [-0.39, 0.29) is 18.0 Å². The van der Waals surface area contributed by atoms with Crippen molar-refractivity contribution in [3.05, 3.63) is 39.2 Å². The van der Waals surface area contributed by atoms with Gasteiger partial charge in [-0.25, -0.2) is 9.59 Å². The number of rotatable bonds is 7. The van der Waals surface area contributed by atoms with Crippen LogP contribution in [0, 0.1) is 6.92 Å². The number of ether oxygens (including phenoxy) is 1. The Balaban J connectivity index is 1.77.